The summed E-state index contributed by atoms with van der Waals surface area (Å²) in [6, 6.07) is 9.10. The lowest BCUT2D eigenvalue weighted by Gasteiger charge is -2.12. The largest absolute Gasteiger partial charge is 0.476 e. The molecule has 0 aliphatic heterocycles. The van der Waals surface area contributed by atoms with Crippen molar-refractivity contribution >= 4 is 28.2 Å². The molecular weight excluding hydrogens is 268 g/mol. The van der Waals surface area contributed by atoms with Gasteiger partial charge in [0.25, 0.3) is 0 Å². The molecule has 2 aromatic heterocycles. The first-order valence-corrected chi connectivity index (χ1v) is 6.33. The van der Waals surface area contributed by atoms with Gasteiger partial charge in [0.15, 0.2) is 5.69 Å². The van der Waals surface area contributed by atoms with Crippen LogP contribution < -0.4 is 5.32 Å². The van der Waals surface area contributed by atoms with Gasteiger partial charge in [-0.1, -0.05) is 18.2 Å². The van der Waals surface area contributed by atoms with E-state index < -0.39 is 5.97 Å². The standard InChI is InChI=1S/C15H12N4O2/c1-9-6-7-16-8-12(9)17-13-10-4-2-3-5-11(10)18-19-14(13)15(20)21/h2-8H,1H3,(H,17,18)(H,20,21). The number of carboxylic acid groups (broad SMARTS) is 1. The molecule has 6 heteroatoms. The molecule has 0 bridgehead atoms. The van der Waals surface area contributed by atoms with Crippen LogP contribution in [0, 0.1) is 6.92 Å². The molecule has 6 nitrogen and oxygen atoms in total. The van der Waals surface area contributed by atoms with Gasteiger partial charge in [0.1, 0.15) is 0 Å². The predicted molar refractivity (Wildman–Crippen MR) is 78.8 cm³/mol. The van der Waals surface area contributed by atoms with Gasteiger partial charge in [-0.15, -0.1) is 10.2 Å². The molecule has 0 fully saturated rings. The molecule has 2 N–H and O–H groups in total. The Bertz CT molecular complexity index is 833. The van der Waals surface area contributed by atoms with Crippen molar-refractivity contribution in [3.8, 4) is 0 Å². The Morgan fingerprint density at radius 1 is 1.19 bits per heavy atom. The van der Waals surface area contributed by atoms with Gasteiger partial charge in [-0.3, -0.25) is 4.98 Å². The summed E-state index contributed by atoms with van der Waals surface area (Å²) in [5.41, 5.74) is 2.63. The first kappa shape index (κ1) is 13.0. The third-order valence-electron chi connectivity index (χ3n) is 3.17. The van der Waals surface area contributed by atoms with Crippen molar-refractivity contribution < 1.29 is 9.90 Å². The number of benzene rings is 1. The van der Waals surface area contributed by atoms with Gasteiger partial charge in [-0.2, -0.15) is 0 Å². The highest BCUT2D eigenvalue weighted by Gasteiger charge is 2.17. The van der Waals surface area contributed by atoms with Crippen LogP contribution in [0.2, 0.25) is 0 Å². The van der Waals surface area contributed by atoms with Crippen molar-refractivity contribution in [2.24, 2.45) is 0 Å². The van der Waals surface area contributed by atoms with Crippen molar-refractivity contribution in [2.75, 3.05) is 5.32 Å². The van der Waals surface area contributed by atoms with E-state index in [2.05, 4.69) is 20.5 Å². The van der Waals surface area contributed by atoms with Gasteiger partial charge < -0.3 is 10.4 Å². The minimum absolute atomic E-state index is 0.114. The topological polar surface area (TPSA) is 88.0 Å². The first-order valence-electron chi connectivity index (χ1n) is 6.33. The molecule has 3 rings (SSSR count). The van der Waals surface area contributed by atoms with Crippen LogP contribution in [0.1, 0.15) is 16.1 Å². The van der Waals surface area contributed by atoms with Gasteiger partial charge in [0.05, 0.1) is 23.1 Å². The van der Waals surface area contributed by atoms with E-state index in [1.807, 2.05) is 31.2 Å². The quantitative estimate of drug-likeness (QED) is 0.767. The Morgan fingerprint density at radius 2 is 2.00 bits per heavy atom. The molecule has 21 heavy (non-hydrogen) atoms. The number of aryl methyl sites for hydroxylation is 1. The highest BCUT2D eigenvalue weighted by Crippen LogP contribution is 2.28. The Morgan fingerprint density at radius 3 is 2.76 bits per heavy atom. The van der Waals surface area contributed by atoms with Crippen LogP contribution in [-0.2, 0) is 0 Å². The van der Waals surface area contributed by atoms with E-state index in [9.17, 15) is 9.90 Å². The monoisotopic (exact) mass is 280 g/mol. The van der Waals surface area contributed by atoms with Crippen LogP contribution in [0.5, 0.6) is 0 Å². The molecule has 0 atom stereocenters. The summed E-state index contributed by atoms with van der Waals surface area (Å²) >= 11 is 0. The van der Waals surface area contributed by atoms with Gasteiger partial charge in [0, 0.05) is 11.6 Å². The van der Waals surface area contributed by atoms with Gasteiger partial charge in [0.2, 0.25) is 0 Å². The van der Waals surface area contributed by atoms with Crippen molar-refractivity contribution in [3.63, 3.8) is 0 Å². The number of aromatic carboxylic acids is 1. The van der Waals surface area contributed by atoms with E-state index >= 15 is 0 Å². The summed E-state index contributed by atoms with van der Waals surface area (Å²) < 4.78 is 0. The minimum atomic E-state index is -1.13. The van der Waals surface area contributed by atoms with Crippen LogP contribution in [0.15, 0.2) is 42.7 Å². The molecule has 0 saturated heterocycles. The third kappa shape index (κ3) is 2.38. The second-order valence-electron chi connectivity index (χ2n) is 4.56. The number of aromatic nitrogens is 3. The average molecular weight is 280 g/mol. The summed E-state index contributed by atoms with van der Waals surface area (Å²) in [6.45, 7) is 1.92. The molecule has 0 aliphatic carbocycles. The number of pyridine rings is 1. The summed E-state index contributed by atoms with van der Waals surface area (Å²) in [5, 5.41) is 20.9. The van der Waals surface area contributed by atoms with Crippen molar-refractivity contribution in [2.45, 2.75) is 6.92 Å². The zero-order valence-electron chi connectivity index (χ0n) is 11.2. The lowest BCUT2D eigenvalue weighted by atomic mass is 10.1. The normalized spacial score (nSPS) is 10.5. The summed E-state index contributed by atoms with van der Waals surface area (Å²) in [4.78, 5) is 15.4. The van der Waals surface area contributed by atoms with Crippen LogP contribution >= 0.6 is 0 Å². The fourth-order valence-electron chi connectivity index (χ4n) is 2.06. The number of carboxylic acids is 1. The van der Waals surface area contributed by atoms with E-state index in [4.69, 9.17) is 0 Å². The molecule has 0 spiro atoms. The number of nitrogens with zero attached hydrogens (tertiary/aromatic N) is 3. The molecule has 2 heterocycles. The first-order chi connectivity index (χ1) is 10.2. The van der Waals surface area contributed by atoms with E-state index in [1.54, 1.807) is 18.5 Å². The summed E-state index contributed by atoms with van der Waals surface area (Å²) in [7, 11) is 0. The Kier molecular flexibility index (Phi) is 3.19. The smallest absolute Gasteiger partial charge is 0.358 e. The van der Waals surface area contributed by atoms with Crippen molar-refractivity contribution in [1.82, 2.24) is 15.2 Å². The Labute approximate surface area is 120 Å². The SMILES string of the molecule is Cc1ccncc1Nc1c(C(=O)O)nnc2ccccc12. The summed E-state index contributed by atoms with van der Waals surface area (Å²) in [6.07, 6.45) is 3.33. The van der Waals surface area contributed by atoms with Gasteiger partial charge in [-0.05, 0) is 24.6 Å². The molecule has 0 unspecified atom stereocenters. The molecule has 1 aromatic carbocycles. The Hall–Kier alpha value is -3.02. The summed E-state index contributed by atoms with van der Waals surface area (Å²) in [5.74, 6) is -1.13. The van der Waals surface area contributed by atoms with Crippen LogP contribution in [0.25, 0.3) is 10.9 Å². The zero-order valence-corrected chi connectivity index (χ0v) is 11.2. The number of hydrogen-bond donors (Lipinski definition) is 2. The highest BCUT2D eigenvalue weighted by atomic mass is 16.4. The third-order valence-corrected chi connectivity index (χ3v) is 3.17. The number of fused-ring (bicyclic) bond motifs is 1. The lowest BCUT2D eigenvalue weighted by molar-refractivity contribution is 0.0690. The lowest BCUT2D eigenvalue weighted by Crippen LogP contribution is -2.08. The molecule has 0 radical (unpaired) electrons. The maximum absolute atomic E-state index is 11.4. The molecule has 3 aromatic rings. The number of carbonyl (C=O) groups is 1. The van der Waals surface area contributed by atoms with Gasteiger partial charge in [-0.25, -0.2) is 4.79 Å². The number of rotatable bonds is 3. The molecule has 0 aliphatic rings. The molecule has 104 valence electrons. The fourth-order valence-corrected chi connectivity index (χ4v) is 2.06. The van der Waals surface area contributed by atoms with E-state index in [0.29, 0.717) is 16.6 Å². The maximum atomic E-state index is 11.4. The number of hydrogen-bond acceptors (Lipinski definition) is 5. The fraction of sp³-hybridized carbons (Fsp3) is 0.0667. The van der Waals surface area contributed by atoms with Crippen LogP contribution in [-0.4, -0.2) is 26.3 Å². The maximum Gasteiger partial charge on any atom is 0.358 e. The Balaban J connectivity index is 2.21. The van der Waals surface area contributed by atoms with Crippen LogP contribution in [0.3, 0.4) is 0 Å². The van der Waals surface area contributed by atoms with Gasteiger partial charge >= 0.3 is 5.97 Å². The zero-order chi connectivity index (χ0) is 14.8. The van der Waals surface area contributed by atoms with Crippen molar-refractivity contribution in [1.29, 1.82) is 0 Å². The van der Waals surface area contributed by atoms with E-state index in [-0.39, 0.29) is 5.69 Å². The molecule has 0 saturated carbocycles. The second kappa shape index (κ2) is 5.16. The number of anilines is 2. The molecule has 0 amide bonds. The van der Waals surface area contributed by atoms with E-state index in [0.717, 1.165) is 11.3 Å². The number of nitrogens with one attached hydrogen (secondary N) is 1. The predicted octanol–water partition coefficient (Wildman–Crippen LogP) is 2.78. The average Bonchev–Trinajstić information content (AvgIpc) is 2.49. The van der Waals surface area contributed by atoms with Crippen LogP contribution in [0.4, 0.5) is 11.4 Å². The van der Waals surface area contributed by atoms with Crippen molar-refractivity contribution in [3.05, 3.63) is 54.0 Å². The second-order valence-corrected chi connectivity index (χ2v) is 4.56. The minimum Gasteiger partial charge on any atom is -0.476 e. The molecular formula is C15H12N4O2. The van der Waals surface area contributed by atoms with E-state index in [1.165, 1.54) is 0 Å². The highest BCUT2D eigenvalue weighted by molar-refractivity contribution is 6.03.